The maximum Gasteiger partial charge on any atom is 0.414 e. The van der Waals surface area contributed by atoms with Gasteiger partial charge in [-0.1, -0.05) is 12.1 Å². The molecule has 1 aliphatic rings. The van der Waals surface area contributed by atoms with E-state index >= 15 is 0 Å². The number of anilines is 1. The maximum atomic E-state index is 11.8. The molecule has 98 valence electrons. The van der Waals surface area contributed by atoms with E-state index in [4.69, 9.17) is 14.6 Å². The minimum Gasteiger partial charge on any atom is -0.492 e. The van der Waals surface area contributed by atoms with Crippen LogP contribution in [-0.4, -0.2) is 37.6 Å². The molecule has 18 heavy (non-hydrogen) atoms. The van der Waals surface area contributed by atoms with E-state index in [9.17, 15) is 4.79 Å². The van der Waals surface area contributed by atoms with Crippen LogP contribution < -0.4 is 9.64 Å². The van der Waals surface area contributed by atoms with Crippen LogP contribution in [0.3, 0.4) is 0 Å². The van der Waals surface area contributed by atoms with Crippen molar-refractivity contribution < 1.29 is 19.4 Å². The van der Waals surface area contributed by atoms with Gasteiger partial charge in [0.05, 0.1) is 25.5 Å². The Labute approximate surface area is 106 Å². The highest BCUT2D eigenvalue weighted by Gasteiger charge is 2.29. The van der Waals surface area contributed by atoms with E-state index in [0.717, 1.165) is 0 Å². The van der Waals surface area contributed by atoms with Gasteiger partial charge in [0.1, 0.15) is 5.75 Å². The largest absolute Gasteiger partial charge is 0.492 e. The van der Waals surface area contributed by atoms with Crippen LogP contribution in [0.4, 0.5) is 10.5 Å². The van der Waals surface area contributed by atoms with Crippen molar-refractivity contribution in [3.63, 3.8) is 0 Å². The van der Waals surface area contributed by atoms with E-state index in [1.807, 2.05) is 31.2 Å². The zero-order valence-electron chi connectivity index (χ0n) is 10.3. The van der Waals surface area contributed by atoms with Gasteiger partial charge in [-0.3, -0.25) is 4.90 Å². The smallest absolute Gasteiger partial charge is 0.414 e. The van der Waals surface area contributed by atoms with Gasteiger partial charge < -0.3 is 14.6 Å². The fourth-order valence-corrected chi connectivity index (χ4v) is 1.92. The quantitative estimate of drug-likeness (QED) is 0.884. The predicted molar refractivity (Wildman–Crippen MR) is 66.9 cm³/mol. The molecule has 1 aliphatic heterocycles. The van der Waals surface area contributed by atoms with Gasteiger partial charge in [-0.25, -0.2) is 4.79 Å². The molecular formula is C13H17NO4. The zero-order chi connectivity index (χ0) is 13.0. The van der Waals surface area contributed by atoms with Gasteiger partial charge in [0, 0.05) is 12.5 Å². The number of cyclic esters (lactones) is 1. The highest BCUT2D eigenvalue weighted by Crippen LogP contribution is 2.30. The van der Waals surface area contributed by atoms with Crippen molar-refractivity contribution in [2.75, 3.05) is 31.3 Å². The Balaban J connectivity index is 2.25. The number of aliphatic hydroxyl groups excluding tert-OH is 1. The summed E-state index contributed by atoms with van der Waals surface area (Å²) < 4.78 is 10.5. The van der Waals surface area contributed by atoms with E-state index in [1.54, 1.807) is 0 Å². The number of rotatable bonds is 4. The number of ether oxygens (including phenoxy) is 2. The van der Waals surface area contributed by atoms with Crippen molar-refractivity contribution in [3.05, 3.63) is 24.3 Å². The molecular weight excluding hydrogens is 234 g/mol. The predicted octanol–water partition coefficient (Wildman–Crippen LogP) is 1.65. The average molecular weight is 251 g/mol. The molecule has 1 atom stereocenters. The average Bonchev–Trinajstić information content (AvgIpc) is 2.41. The van der Waals surface area contributed by atoms with Crippen LogP contribution >= 0.6 is 0 Å². The molecule has 0 aromatic heterocycles. The molecule has 5 nitrogen and oxygen atoms in total. The van der Waals surface area contributed by atoms with Crippen molar-refractivity contribution in [2.24, 2.45) is 5.92 Å². The summed E-state index contributed by atoms with van der Waals surface area (Å²) in [6.45, 7) is 3.13. The van der Waals surface area contributed by atoms with Gasteiger partial charge in [-0.05, 0) is 19.1 Å². The van der Waals surface area contributed by atoms with Crippen molar-refractivity contribution in [2.45, 2.75) is 6.92 Å². The number of carbonyl (C=O) groups is 1. The third-order valence-electron chi connectivity index (χ3n) is 2.82. The molecule has 1 aromatic rings. The Morgan fingerprint density at radius 3 is 3.00 bits per heavy atom. The normalized spacial score (nSPS) is 19.6. The van der Waals surface area contributed by atoms with Gasteiger partial charge in [0.15, 0.2) is 0 Å². The first kappa shape index (κ1) is 12.7. The molecule has 0 saturated carbocycles. The van der Waals surface area contributed by atoms with Crippen LogP contribution in [0.5, 0.6) is 5.75 Å². The Morgan fingerprint density at radius 1 is 1.50 bits per heavy atom. The molecule has 1 unspecified atom stereocenters. The summed E-state index contributed by atoms with van der Waals surface area (Å²) in [4.78, 5) is 13.3. The number of hydrogen-bond acceptors (Lipinski definition) is 4. The number of nitrogens with zero attached hydrogens (tertiary/aromatic N) is 1. The monoisotopic (exact) mass is 251 g/mol. The Bertz CT molecular complexity index is 421. The number of para-hydroxylation sites is 2. The summed E-state index contributed by atoms with van der Waals surface area (Å²) >= 11 is 0. The summed E-state index contributed by atoms with van der Waals surface area (Å²) in [5, 5.41) is 9.17. The standard InChI is InChI=1S/C13H17NO4/c1-2-17-12-6-4-3-5-11(12)14-7-10(8-15)9-18-13(14)16/h3-6,10,15H,2,7-9H2,1H3. The van der Waals surface area contributed by atoms with E-state index in [-0.39, 0.29) is 19.1 Å². The maximum absolute atomic E-state index is 11.8. The number of benzene rings is 1. The minimum absolute atomic E-state index is 0.000577. The van der Waals surface area contributed by atoms with Gasteiger partial charge in [-0.2, -0.15) is 0 Å². The molecule has 1 fully saturated rings. The Kier molecular flexibility index (Phi) is 4.04. The number of amides is 1. The second kappa shape index (κ2) is 5.73. The van der Waals surface area contributed by atoms with Crippen LogP contribution in [-0.2, 0) is 4.74 Å². The minimum atomic E-state index is -0.396. The second-order valence-corrected chi connectivity index (χ2v) is 4.14. The van der Waals surface area contributed by atoms with Gasteiger partial charge in [-0.15, -0.1) is 0 Å². The zero-order valence-corrected chi connectivity index (χ0v) is 10.3. The summed E-state index contributed by atoms with van der Waals surface area (Å²) in [5.74, 6) is 0.591. The molecule has 2 rings (SSSR count). The fraction of sp³-hybridized carbons (Fsp3) is 0.462. The molecule has 1 saturated heterocycles. The lowest BCUT2D eigenvalue weighted by Gasteiger charge is -2.32. The molecule has 0 radical (unpaired) electrons. The van der Waals surface area contributed by atoms with Crippen LogP contribution in [0.15, 0.2) is 24.3 Å². The first-order valence-corrected chi connectivity index (χ1v) is 6.03. The number of aliphatic hydroxyl groups is 1. The summed E-state index contributed by atoms with van der Waals surface area (Å²) in [7, 11) is 0. The second-order valence-electron chi connectivity index (χ2n) is 4.14. The van der Waals surface area contributed by atoms with E-state index in [0.29, 0.717) is 24.6 Å². The van der Waals surface area contributed by atoms with Gasteiger partial charge >= 0.3 is 6.09 Å². The number of carbonyl (C=O) groups excluding carboxylic acids is 1. The van der Waals surface area contributed by atoms with Crippen molar-refractivity contribution >= 4 is 11.8 Å². The summed E-state index contributed by atoms with van der Waals surface area (Å²) in [5.41, 5.74) is 0.683. The van der Waals surface area contributed by atoms with Crippen LogP contribution in [0.1, 0.15) is 6.92 Å². The first-order valence-electron chi connectivity index (χ1n) is 6.03. The fourth-order valence-electron chi connectivity index (χ4n) is 1.92. The molecule has 1 aromatic carbocycles. The van der Waals surface area contributed by atoms with Gasteiger partial charge in [0.2, 0.25) is 0 Å². The Morgan fingerprint density at radius 2 is 2.28 bits per heavy atom. The molecule has 1 N–H and O–H groups in total. The van der Waals surface area contributed by atoms with Crippen molar-refractivity contribution in [3.8, 4) is 5.75 Å². The van der Waals surface area contributed by atoms with E-state index in [1.165, 1.54) is 4.90 Å². The van der Waals surface area contributed by atoms with Crippen LogP contribution in [0.2, 0.25) is 0 Å². The SMILES string of the molecule is CCOc1ccccc1N1CC(CO)COC1=O. The highest BCUT2D eigenvalue weighted by atomic mass is 16.6. The summed E-state index contributed by atoms with van der Waals surface area (Å²) in [6, 6.07) is 7.32. The molecule has 0 spiro atoms. The van der Waals surface area contributed by atoms with Crippen LogP contribution in [0.25, 0.3) is 0 Å². The topological polar surface area (TPSA) is 59.0 Å². The number of hydrogen-bond donors (Lipinski definition) is 1. The van der Waals surface area contributed by atoms with Crippen LogP contribution in [0, 0.1) is 5.92 Å². The summed E-state index contributed by atoms with van der Waals surface area (Å²) in [6.07, 6.45) is -0.396. The molecule has 1 amide bonds. The Hall–Kier alpha value is -1.75. The third kappa shape index (κ3) is 2.56. The third-order valence-corrected chi connectivity index (χ3v) is 2.82. The lowest BCUT2D eigenvalue weighted by atomic mass is 10.1. The van der Waals surface area contributed by atoms with Gasteiger partial charge in [0.25, 0.3) is 0 Å². The molecule has 1 heterocycles. The van der Waals surface area contributed by atoms with E-state index < -0.39 is 6.09 Å². The van der Waals surface area contributed by atoms with Crippen molar-refractivity contribution in [1.82, 2.24) is 0 Å². The molecule has 5 heteroatoms. The molecule has 0 aliphatic carbocycles. The lowest BCUT2D eigenvalue weighted by molar-refractivity contribution is 0.0897. The first-order chi connectivity index (χ1) is 8.76. The van der Waals surface area contributed by atoms with E-state index in [2.05, 4.69) is 0 Å². The van der Waals surface area contributed by atoms with Crippen molar-refractivity contribution in [1.29, 1.82) is 0 Å². The molecule has 0 bridgehead atoms. The highest BCUT2D eigenvalue weighted by molar-refractivity contribution is 5.90. The lowest BCUT2D eigenvalue weighted by Crippen LogP contribution is -2.44.